The number of hydrogen-bond donors (Lipinski definition) is 3. The van der Waals surface area contributed by atoms with Gasteiger partial charge in [-0.3, -0.25) is 25.8 Å². The number of nitrogens with one attached hydrogen (secondary N) is 3. The highest BCUT2D eigenvalue weighted by atomic mass is 79.9. The summed E-state index contributed by atoms with van der Waals surface area (Å²) in [5.74, 6) is -0.394. The lowest BCUT2D eigenvalue weighted by molar-refractivity contribution is 0.0934. The molecule has 2 amide bonds. The molecule has 0 saturated heterocycles. The largest absolute Gasteiger partial charge is 0.496 e. The molecule has 0 fully saturated rings. The summed E-state index contributed by atoms with van der Waals surface area (Å²) in [5.41, 5.74) is 5.34. The van der Waals surface area contributed by atoms with E-state index in [-0.39, 0.29) is 15.7 Å². The number of carbonyl (C=O) groups excluding carboxylic acids is 2. The van der Waals surface area contributed by atoms with Crippen LogP contribution in [-0.4, -0.2) is 24.0 Å². The fourth-order valence-corrected chi connectivity index (χ4v) is 3.05. The summed E-state index contributed by atoms with van der Waals surface area (Å²) < 4.78 is 5.72. The van der Waals surface area contributed by atoms with Gasteiger partial charge >= 0.3 is 0 Å². The number of amides is 2. The zero-order valence-electron chi connectivity index (χ0n) is 13.2. The summed E-state index contributed by atoms with van der Waals surface area (Å²) in [6, 6.07) is 9.25. The number of rotatable bonds is 3. The molecule has 0 heterocycles. The number of ether oxygens (including phenoxy) is 1. The van der Waals surface area contributed by atoms with Crippen LogP contribution < -0.4 is 20.9 Å². The predicted octanol–water partition coefficient (Wildman–Crippen LogP) is 3.71. The van der Waals surface area contributed by atoms with Gasteiger partial charge in [0.2, 0.25) is 0 Å². The van der Waals surface area contributed by atoms with E-state index in [0.29, 0.717) is 20.8 Å². The molecule has 0 bridgehead atoms. The Labute approximate surface area is 173 Å². The Balaban J connectivity index is 1.93. The zero-order valence-corrected chi connectivity index (χ0v) is 17.1. The molecule has 0 spiro atoms. The minimum absolute atomic E-state index is 0.0830. The Morgan fingerprint density at radius 3 is 2.42 bits per heavy atom. The second-order valence-corrected chi connectivity index (χ2v) is 6.94. The molecule has 136 valence electrons. The minimum Gasteiger partial charge on any atom is -0.496 e. The van der Waals surface area contributed by atoms with Gasteiger partial charge in [-0.25, -0.2) is 0 Å². The van der Waals surface area contributed by atoms with Crippen molar-refractivity contribution in [2.24, 2.45) is 0 Å². The Kier molecular flexibility index (Phi) is 7.22. The first kappa shape index (κ1) is 20.4. The summed E-state index contributed by atoms with van der Waals surface area (Å²) >= 11 is 20.0. The molecule has 3 N–H and O–H groups in total. The molecule has 2 rings (SSSR count). The molecule has 6 nitrogen and oxygen atoms in total. The monoisotopic (exact) mass is 475 g/mol. The highest BCUT2D eigenvalue weighted by Gasteiger charge is 2.13. The molecule has 0 aliphatic heterocycles. The van der Waals surface area contributed by atoms with Crippen molar-refractivity contribution in [1.82, 2.24) is 16.2 Å². The number of hydrazine groups is 1. The molecule has 0 radical (unpaired) electrons. The third-order valence-electron chi connectivity index (χ3n) is 3.11. The quantitative estimate of drug-likeness (QED) is 0.464. The van der Waals surface area contributed by atoms with Crippen LogP contribution in [-0.2, 0) is 0 Å². The number of halogens is 3. The summed E-state index contributed by atoms with van der Waals surface area (Å²) in [6.07, 6.45) is 0. The Morgan fingerprint density at radius 1 is 1.08 bits per heavy atom. The number of methoxy groups -OCH3 is 1. The first-order chi connectivity index (χ1) is 12.3. The lowest BCUT2D eigenvalue weighted by Crippen LogP contribution is -2.48. The second kappa shape index (κ2) is 9.18. The first-order valence-corrected chi connectivity index (χ1v) is 8.97. The van der Waals surface area contributed by atoms with Crippen molar-refractivity contribution >= 4 is 68.3 Å². The average Bonchev–Trinajstić information content (AvgIpc) is 2.59. The highest BCUT2D eigenvalue weighted by molar-refractivity contribution is 9.10. The molecule has 2 aromatic carbocycles. The smallest absolute Gasteiger partial charge is 0.271 e. The molecule has 0 aliphatic rings. The number of hydrogen-bond acceptors (Lipinski definition) is 4. The van der Waals surface area contributed by atoms with Gasteiger partial charge in [-0.05, 0) is 64.5 Å². The lowest BCUT2D eigenvalue weighted by Gasteiger charge is -2.12. The fourth-order valence-electron chi connectivity index (χ4n) is 1.87. The van der Waals surface area contributed by atoms with Gasteiger partial charge < -0.3 is 4.74 Å². The van der Waals surface area contributed by atoms with Crippen molar-refractivity contribution in [2.75, 3.05) is 7.11 Å². The van der Waals surface area contributed by atoms with E-state index in [1.54, 1.807) is 18.2 Å². The summed E-state index contributed by atoms with van der Waals surface area (Å²) in [7, 11) is 1.52. The van der Waals surface area contributed by atoms with Crippen LogP contribution in [0.3, 0.4) is 0 Å². The van der Waals surface area contributed by atoms with Crippen LogP contribution in [0.1, 0.15) is 20.7 Å². The lowest BCUT2D eigenvalue weighted by atomic mass is 10.2. The average molecular weight is 477 g/mol. The molecule has 0 atom stereocenters. The molecule has 0 saturated carbocycles. The van der Waals surface area contributed by atoms with Gasteiger partial charge in [0.15, 0.2) is 5.11 Å². The minimum atomic E-state index is -0.532. The molecule has 0 aromatic heterocycles. The van der Waals surface area contributed by atoms with Crippen LogP contribution in [0.5, 0.6) is 5.75 Å². The van der Waals surface area contributed by atoms with E-state index < -0.39 is 11.8 Å². The van der Waals surface area contributed by atoms with E-state index in [0.717, 1.165) is 0 Å². The van der Waals surface area contributed by atoms with E-state index in [9.17, 15) is 9.59 Å². The van der Waals surface area contributed by atoms with Gasteiger partial charge in [0.1, 0.15) is 5.75 Å². The predicted molar refractivity (Wildman–Crippen MR) is 108 cm³/mol. The van der Waals surface area contributed by atoms with E-state index in [1.165, 1.54) is 25.3 Å². The van der Waals surface area contributed by atoms with Crippen molar-refractivity contribution in [3.05, 3.63) is 62.0 Å². The maximum absolute atomic E-state index is 12.2. The maximum atomic E-state index is 12.2. The van der Waals surface area contributed by atoms with Crippen molar-refractivity contribution in [1.29, 1.82) is 0 Å². The fraction of sp³-hybridized carbons (Fsp3) is 0.0625. The van der Waals surface area contributed by atoms with Gasteiger partial charge in [-0.2, -0.15) is 0 Å². The van der Waals surface area contributed by atoms with Gasteiger partial charge in [-0.1, -0.05) is 23.2 Å². The van der Waals surface area contributed by atoms with Crippen LogP contribution in [0, 0.1) is 0 Å². The van der Waals surface area contributed by atoms with Crippen LogP contribution in [0.15, 0.2) is 40.9 Å². The van der Waals surface area contributed by atoms with Gasteiger partial charge in [0.25, 0.3) is 11.8 Å². The van der Waals surface area contributed by atoms with Gasteiger partial charge in [-0.15, -0.1) is 0 Å². The molecule has 10 heteroatoms. The summed E-state index contributed by atoms with van der Waals surface area (Å²) in [5, 5.41) is 2.96. The van der Waals surface area contributed by atoms with Crippen molar-refractivity contribution in [3.8, 4) is 5.75 Å². The number of thiocarbonyl (C=S) groups is 1. The topological polar surface area (TPSA) is 79.5 Å². The molecule has 2 aromatic rings. The molecule has 26 heavy (non-hydrogen) atoms. The van der Waals surface area contributed by atoms with Gasteiger partial charge in [0.05, 0.1) is 22.2 Å². The van der Waals surface area contributed by atoms with E-state index in [4.69, 9.17) is 40.2 Å². The summed E-state index contributed by atoms with van der Waals surface area (Å²) in [6.45, 7) is 0. The Bertz CT molecular complexity index is 880. The third kappa shape index (κ3) is 5.31. The maximum Gasteiger partial charge on any atom is 0.271 e. The highest BCUT2D eigenvalue weighted by Crippen LogP contribution is 2.25. The molecule has 0 aliphatic carbocycles. The standard InChI is InChI=1S/C16H12BrCl2N3O3S/c1-25-13-5-2-8(6-11(13)17)14(23)20-16(26)22-21-15(24)10-4-3-9(18)7-12(10)19/h2-7H,1H3,(H,21,24)(H2,20,22,23,26). The number of benzene rings is 2. The van der Waals surface area contributed by atoms with Crippen LogP contribution >= 0.6 is 51.3 Å². The summed E-state index contributed by atoms with van der Waals surface area (Å²) in [4.78, 5) is 24.2. The number of carbonyl (C=O) groups is 2. The second-order valence-electron chi connectivity index (χ2n) is 4.84. The van der Waals surface area contributed by atoms with E-state index in [2.05, 4.69) is 32.1 Å². The van der Waals surface area contributed by atoms with Crippen LogP contribution in [0.2, 0.25) is 10.0 Å². The Morgan fingerprint density at radius 2 is 1.81 bits per heavy atom. The molecule has 0 unspecified atom stereocenters. The van der Waals surface area contributed by atoms with Crippen molar-refractivity contribution in [2.45, 2.75) is 0 Å². The van der Waals surface area contributed by atoms with Crippen LogP contribution in [0.25, 0.3) is 0 Å². The normalized spacial score (nSPS) is 10.0. The molecular formula is C16H12BrCl2N3O3S. The zero-order chi connectivity index (χ0) is 19.3. The SMILES string of the molecule is COc1ccc(C(=O)NC(=S)NNC(=O)c2ccc(Cl)cc2Cl)cc1Br. The molecular weight excluding hydrogens is 465 g/mol. The van der Waals surface area contributed by atoms with E-state index >= 15 is 0 Å². The van der Waals surface area contributed by atoms with Crippen molar-refractivity contribution < 1.29 is 14.3 Å². The third-order valence-corrected chi connectivity index (χ3v) is 4.48. The van der Waals surface area contributed by atoms with Crippen molar-refractivity contribution in [3.63, 3.8) is 0 Å². The van der Waals surface area contributed by atoms with Gasteiger partial charge in [0, 0.05) is 10.6 Å². The first-order valence-electron chi connectivity index (χ1n) is 7.02. The van der Waals surface area contributed by atoms with E-state index in [1.807, 2.05) is 0 Å². The van der Waals surface area contributed by atoms with Crippen LogP contribution in [0.4, 0.5) is 0 Å². The Hall–Kier alpha value is -1.87.